The molecule has 0 N–H and O–H groups in total. The van der Waals surface area contributed by atoms with Crippen molar-refractivity contribution in [1.82, 2.24) is 9.13 Å². The number of nitrogens with zero attached hydrogens (tertiary/aromatic N) is 2. The maximum Gasteiger partial charge on any atom is 0.328 e. The summed E-state index contributed by atoms with van der Waals surface area (Å²) in [6, 6.07) is 0. The maximum atomic E-state index is 11.9. The second-order valence-electron chi connectivity index (χ2n) is 4.44. The highest BCUT2D eigenvalue weighted by atomic mass is 16.2. The smallest absolute Gasteiger partial charge is 0.300 e. The molecule has 1 aliphatic carbocycles. The largest absolute Gasteiger partial charge is 0.328 e. The van der Waals surface area contributed by atoms with Crippen LogP contribution >= 0.6 is 0 Å². The van der Waals surface area contributed by atoms with Crippen LogP contribution in [0.25, 0.3) is 0 Å². The molecule has 1 aromatic rings. The van der Waals surface area contributed by atoms with Crippen molar-refractivity contribution in [3.05, 3.63) is 22.9 Å². The van der Waals surface area contributed by atoms with Gasteiger partial charge in [0.1, 0.15) is 0 Å². The molecule has 4 heteroatoms. The van der Waals surface area contributed by atoms with Gasteiger partial charge in [-0.2, -0.15) is 0 Å². The van der Waals surface area contributed by atoms with Crippen molar-refractivity contribution in [2.75, 3.05) is 0 Å². The predicted molar refractivity (Wildman–Crippen MR) is 61.3 cm³/mol. The van der Waals surface area contributed by atoms with E-state index >= 15 is 0 Å². The fourth-order valence-corrected chi connectivity index (χ4v) is 2.36. The Labute approximate surface area is 94.9 Å². The predicted octanol–water partition coefficient (Wildman–Crippen LogP) is 1.43. The van der Waals surface area contributed by atoms with Gasteiger partial charge in [-0.15, -0.1) is 0 Å². The van der Waals surface area contributed by atoms with Crippen LogP contribution in [0.4, 0.5) is 0 Å². The van der Waals surface area contributed by atoms with Crippen LogP contribution in [0.1, 0.15) is 32.6 Å². The fraction of sp³-hybridized carbons (Fsp3) is 0.667. The Bertz CT molecular complexity index is 424. The van der Waals surface area contributed by atoms with E-state index in [-0.39, 0.29) is 23.9 Å². The Morgan fingerprint density at radius 1 is 1.31 bits per heavy atom. The van der Waals surface area contributed by atoms with Crippen LogP contribution in [0.15, 0.2) is 17.2 Å². The molecular weight excluding hydrogens is 204 g/mol. The van der Waals surface area contributed by atoms with E-state index in [0.29, 0.717) is 6.54 Å². The van der Waals surface area contributed by atoms with E-state index in [1.807, 2.05) is 6.92 Å². The topological polar surface area (TPSA) is 44.0 Å². The molecule has 0 unspecified atom stereocenters. The van der Waals surface area contributed by atoms with Gasteiger partial charge in [-0.25, -0.2) is 4.79 Å². The lowest BCUT2D eigenvalue weighted by Gasteiger charge is -2.07. The SMILES string of the molecule is CCn1ccn(CC(=O)C2CCCC2)c1=O. The van der Waals surface area contributed by atoms with E-state index in [2.05, 4.69) is 0 Å². The number of aromatic nitrogens is 2. The van der Waals surface area contributed by atoms with Crippen molar-refractivity contribution in [3.8, 4) is 0 Å². The second kappa shape index (κ2) is 4.68. The number of aryl methyl sites for hydroxylation is 1. The van der Waals surface area contributed by atoms with Gasteiger partial charge in [-0.1, -0.05) is 12.8 Å². The molecule has 1 fully saturated rings. The van der Waals surface area contributed by atoms with Crippen LogP contribution in [-0.2, 0) is 17.9 Å². The van der Waals surface area contributed by atoms with Gasteiger partial charge in [0.25, 0.3) is 0 Å². The molecule has 0 radical (unpaired) electrons. The van der Waals surface area contributed by atoms with Crippen LogP contribution in [0.2, 0.25) is 0 Å². The van der Waals surface area contributed by atoms with E-state index in [9.17, 15) is 9.59 Å². The van der Waals surface area contributed by atoms with Gasteiger partial charge in [0.15, 0.2) is 5.78 Å². The number of hydrogen-bond donors (Lipinski definition) is 0. The Hall–Kier alpha value is -1.32. The number of carbonyl (C=O) groups excluding carboxylic acids is 1. The third-order valence-electron chi connectivity index (χ3n) is 3.40. The fourth-order valence-electron chi connectivity index (χ4n) is 2.36. The number of rotatable bonds is 4. The first kappa shape index (κ1) is 11.2. The highest BCUT2D eigenvalue weighted by molar-refractivity contribution is 5.81. The molecule has 0 atom stereocenters. The molecule has 1 aliphatic rings. The molecule has 0 bridgehead atoms. The molecule has 2 rings (SSSR count). The van der Waals surface area contributed by atoms with Crippen molar-refractivity contribution >= 4 is 5.78 Å². The van der Waals surface area contributed by atoms with Gasteiger partial charge in [-0.3, -0.25) is 13.9 Å². The minimum atomic E-state index is -0.0751. The highest BCUT2D eigenvalue weighted by Crippen LogP contribution is 2.25. The first-order chi connectivity index (χ1) is 7.72. The summed E-state index contributed by atoms with van der Waals surface area (Å²) >= 11 is 0. The number of imidazole rings is 1. The number of Topliss-reactive ketones (excluding diaryl/α,β-unsaturated/α-hetero) is 1. The van der Waals surface area contributed by atoms with Crippen LogP contribution in [0.3, 0.4) is 0 Å². The van der Waals surface area contributed by atoms with Crippen molar-refractivity contribution in [3.63, 3.8) is 0 Å². The van der Waals surface area contributed by atoms with Gasteiger partial charge in [0.2, 0.25) is 0 Å². The zero-order valence-corrected chi connectivity index (χ0v) is 9.69. The average Bonchev–Trinajstić information content (AvgIpc) is 2.89. The van der Waals surface area contributed by atoms with Crippen LogP contribution in [-0.4, -0.2) is 14.9 Å². The summed E-state index contributed by atoms with van der Waals surface area (Å²) in [7, 11) is 0. The third-order valence-corrected chi connectivity index (χ3v) is 3.40. The lowest BCUT2D eigenvalue weighted by atomic mass is 10.0. The average molecular weight is 222 g/mol. The van der Waals surface area contributed by atoms with Crippen LogP contribution < -0.4 is 5.69 Å². The molecule has 1 heterocycles. The number of ketones is 1. The molecule has 0 amide bonds. The molecule has 1 saturated carbocycles. The van der Waals surface area contributed by atoms with E-state index in [1.54, 1.807) is 17.0 Å². The van der Waals surface area contributed by atoms with Crippen molar-refractivity contribution in [2.24, 2.45) is 5.92 Å². The van der Waals surface area contributed by atoms with Gasteiger partial charge in [-0.05, 0) is 19.8 Å². The highest BCUT2D eigenvalue weighted by Gasteiger charge is 2.23. The summed E-state index contributed by atoms with van der Waals surface area (Å²) in [5.74, 6) is 0.408. The lowest BCUT2D eigenvalue weighted by molar-refractivity contribution is -0.123. The molecular formula is C12H18N2O2. The third kappa shape index (κ3) is 2.10. The van der Waals surface area contributed by atoms with Gasteiger partial charge < -0.3 is 0 Å². The number of carbonyl (C=O) groups is 1. The molecule has 0 aromatic carbocycles. The Morgan fingerprint density at radius 2 is 1.94 bits per heavy atom. The van der Waals surface area contributed by atoms with Crippen molar-refractivity contribution in [2.45, 2.75) is 45.7 Å². The Kier molecular flexibility index (Phi) is 3.27. The summed E-state index contributed by atoms with van der Waals surface area (Å²) in [5.41, 5.74) is -0.0751. The molecule has 0 spiro atoms. The molecule has 0 saturated heterocycles. The van der Waals surface area contributed by atoms with E-state index in [4.69, 9.17) is 0 Å². The Balaban J connectivity index is 2.05. The van der Waals surface area contributed by atoms with E-state index in [0.717, 1.165) is 25.7 Å². The quantitative estimate of drug-likeness (QED) is 0.773. The molecule has 0 aliphatic heterocycles. The normalized spacial score (nSPS) is 16.8. The molecule has 1 aromatic heterocycles. The van der Waals surface area contributed by atoms with Crippen molar-refractivity contribution < 1.29 is 4.79 Å². The zero-order chi connectivity index (χ0) is 11.5. The number of hydrogen-bond acceptors (Lipinski definition) is 2. The standard InChI is InChI=1S/C12H18N2O2/c1-2-13-7-8-14(12(13)16)9-11(15)10-5-3-4-6-10/h7-8,10H,2-6,9H2,1H3. The monoisotopic (exact) mass is 222 g/mol. The first-order valence-corrected chi connectivity index (χ1v) is 6.00. The second-order valence-corrected chi connectivity index (χ2v) is 4.44. The summed E-state index contributed by atoms with van der Waals surface area (Å²) in [6.45, 7) is 2.82. The molecule has 4 nitrogen and oxygen atoms in total. The zero-order valence-electron chi connectivity index (χ0n) is 9.69. The summed E-state index contributed by atoms with van der Waals surface area (Å²) in [6.07, 6.45) is 7.76. The first-order valence-electron chi connectivity index (χ1n) is 6.00. The minimum absolute atomic E-state index is 0.0751. The maximum absolute atomic E-state index is 11.9. The molecule has 88 valence electrons. The van der Waals surface area contributed by atoms with E-state index in [1.165, 1.54) is 4.57 Å². The molecule has 16 heavy (non-hydrogen) atoms. The van der Waals surface area contributed by atoms with Gasteiger partial charge in [0.05, 0.1) is 6.54 Å². The van der Waals surface area contributed by atoms with Gasteiger partial charge >= 0.3 is 5.69 Å². The van der Waals surface area contributed by atoms with Crippen molar-refractivity contribution in [1.29, 1.82) is 0 Å². The Morgan fingerprint density at radius 3 is 2.50 bits per heavy atom. The summed E-state index contributed by atoms with van der Waals surface area (Å²) in [5, 5.41) is 0. The summed E-state index contributed by atoms with van der Waals surface area (Å²) in [4.78, 5) is 23.6. The minimum Gasteiger partial charge on any atom is -0.300 e. The van der Waals surface area contributed by atoms with Gasteiger partial charge in [0, 0.05) is 24.9 Å². The summed E-state index contributed by atoms with van der Waals surface area (Å²) < 4.78 is 3.13. The van der Waals surface area contributed by atoms with Crippen LogP contribution in [0.5, 0.6) is 0 Å². The van der Waals surface area contributed by atoms with Crippen LogP contribution in [0, 0.1) is 5.92 Å². The lowest BCUT2D eigenvalue weighted by Crippen LogP contribution is -2.28. The van der Waals surface area contributed by atoms with E-state index < -0.39 is 0 Å².